The molecule has 0 saturated heterocycles. The molecule has 5 nitrogen and oxygen atoms in total. The highest BCUT2D eigenvalue weighted by atomic mass is 32.2. The molecule has 0 heterocycles. The molecule has 6 heteroatoms. The van der Waals surface area contributed by atoms with Crippen molar-refractivity contribution in [3.8, 4) is 0 Å². The van der Waals surface area contributed by atoms with Gasteiger partial charge in [-0.3, -0.25) is 4.79 Å². The molecule has 0 unspecified atom stereocenters. The SMILES string of the molecule is CCCN(CC(=O)OCC)S(=O)(=O)CCC1CCC1. The minimum absolute atomic E-state index is 0.150. The van der Waals surface area contributed by atoms with Gasteiger partial charge < -0.3 is 4.74 Å². The molecule has 0 atom stereocenters. The number of rotatable bonds is 9. The van der Waals surface area contributed by atoms with Gasteiger partial charge in [0.1, 0.15) is 6.54 Å². The van der Waals surface area contributed by atoms with Crippen molar-refractivity contribution in [3.63, 3.8) is 0 Å². The Morgan fingerprint density at radius 1 is 1.32 bits per heavy atom. The van der Waals surface area contributed by atoms with E-state index in [-0.39, 0.29) is 18.9 Å². The van der Waals surface area contributed by atoms with Crippen molar-refractivity contribution >= 4 is 16.0 Å². The number of nitrogens with zero attached hydrogens (tertiary/aromatic N) is 1. The van der Waals surface area contributed by atoms with E-state index in [1.165, 1.54) is 10.7 Å². The second-order valence-electron chi connectivity index (χ2n) is 5.04. The zero-order valence-electron chi connectivity index (χ0n) is 11.9. The van der Waals surface area contributed by atoms with E-state index in [1.807, 2.05) is 6.92 Å². The molecular weight excluding hydrogens is 266 g/mol. The van der Waals surface area contributed by atoms with E-state index in [4.69, 9.17) is 4.74 Å². The largest absolute Gasteiger partial charge is 0.465 e. The average Bonchev–Trinajstić information content (AvgIpc) is 2.26. The Balaban J connectivity index is 2.53. The van der Waals surface area contributed by atoms with Gasteiger partial charge in [-0.05, 0) is 25.7 Å². The summed E-state index contributed by atoms with van der Waals surface area (Å²) >= 11 is 0. The minimum atomic E-state index is -3.34. The van der Waals surface area contributed by atoms with Crippen LogP contribution in [0.4, 0.5) is 0 Å². The van der Waals surface area contributed by atoms with E-state index in [0.29, 0.717) is 25.3 Å². The van der Waals surface area contributed by atoms with E-state index >= 15 is 0 Å². The number of carbonyl (C=O) groups excluding carboxylic acids is 1. The summed E-state index contributed by atoms with van der Waals surface area (Å²) < 4.78 is 30.5. The van der Waals surface area contributed by atoms with E-state index in [0.717, 1.165) is 12.8 Å². The summed E-state index contributed by atoms with van der Waals surface area (Å²) in [5.74, 6) is 0.237. The zero-order chi connectivity index (χ0) is 14.3. The van der Waals surface area contributed by atoms with Crippen LogP contribution >= 0.6 is 0 Å². The first-order valence-electron chi connectivity index (χ1n) is 7.13. The summed E-state index contributed by atoms with van der Waals surface area (Å²) in [7, 11) is -3.34. The van der Waals surface area contributed by atoms with E-state index in [2.05, 4.69) is 0 Å². The highest BCUT2D eigenvalue weighted by Crippen LogP contribution is 2.29. The predicted octanol–water partition coefficient (Wildman–Crippen LogP) is 1.78. The maximum absolute atomic E-state index is 12.2. The summed E-state index contributed by atoms with van der Waals surface area (Å²) in [5.41, 5.74) is 0. The van der Waals surface area contributed by atoms with Crippen molar-refractivity contribution in [1.29, 1.82) is 0 Å². The van der Waals surface area contributed by atoms with Gasteiger partial charge in [0, 0.05) is 6.54 Å². The van der Waals surface area contributed by atoms with Gasteiger partial charge in [-0.1, -0.05) is 26.2 Å². The number of esters is 1. The van der Waals surface area contributed by atoms with Crippen molar-refractivity contribution in [2.75, 3.05) is 25.4 Å². The van der Waals surface area contributed by atoms with Crippen LogP contribution in [0.5, 0.6) is 0 Å². The van der Waals surface area contributed by atoms with Crippen molar-refractivity contribution in [2.45, 2.75) is 46.0 Å². The van der Waals surface area contributed by atoms with Crippen molar-refractivity contribution in [3.05, 3.63) is 0 Å². The van der Waals surface area contributed by atoms with Crippen LogP contribution in [0.2, 0.25) is 0 Å². The topological polar surface area (TPSA) is 63.7 Å². The predicted molar refractivity (Wildman–Crippen MR) is 74.2 cm³/mol. The second kappa shape index (κ2) is 7.85. The third-order valence-electron chi connectivity index (χ3n) is 3.49. The third-order valence-corrected chi connectivity index (χ3v) is 5.34. The fraction of sp³-hybridized carbons (Fsp3) is 0.923. The lowest BCUT2D eigenvalue weighted by molar-refractivity contribution is -0.143. The third kappa shape index (κ3) is 5.48. The molecule has 19 heavy (non-hydrogen) atoms. The van der Waals surface area contributed by atoms with Crippen molar-refractivity contribution < 1.29 is 17.9 Å². The zero-order valence-corrected chi connectivity index (χ0v) is 12.7. The van der Waals surface area contributed by atoms with Gasteiger partial charge in [-0.15, -0.1) is 0 Å². The molecule has 0 amide bonds. The smallest absolute Gasteiger partial charge is 0.321 e. The standard InChI is InChI=1S/C13H25NO4S/c1-3-9-14(11-13(15)18-4-2)19(16,17)10-8-12-6-5-7-12/h12H,3-11H2,1-2H3. The van der Waals surface area contributed by atoms with Crippen LogP contribution < -0.4 is 0 Å². The molecule has 1 aliphatic carbocycles. The fourth-order valence-electron chi connectivity index (χ4n) is 2.14. The number of sulfonamides is 1. The highest BCUT2D eigenvalue weighted by molar-refractivity contribution is 7.89. The van der Waals surface area contributed by atoms with Crippen molar-refractivity contribution in [2.24, 2.45) is 5.92 Å². The molecule has 1 fully saturated rings. The molecule has 0 spiro atoms. The Labute approximate surface area is 116 Å². The van der Waals surface area contributed by atoms with E-state index in [1.54, 1.807) is 6.92 Å². The lowest BCUT2D eigenvalue weighted by Crippen LogP contribution is -2.39. The van der Waals surface area contributed by atoms with Crippen LogP contribution in [-0.4, -0.2) is 44.1 Å². The monoisotopic (exact) mass is 291 g/mol. The van der Waals surface area contributed by atoms with Crippen LogP contribution in [0.3, 0.4) is 0 Å². The quantitative estimate of drug-likeness (QED) is 0.607. The maximum atomic E-state index is 12.2. The Kier molecular flexibility index (Phi) is 6.79. The van der Waals surface area contributed by atoms with Crippen LogP contribution in [0.25, 0.3) is 0 Å². The molecule has 112 valence electrons. The number of hydrogen-bond donors (Lipinski definition) is 0. The summed E-state index contributed by atoms with van der Waals surface area (Å²) in [6.45, 7) is 4.12. The summed E-state index contributed by atoms with van der Waals surface area (Å²) in [6, 6.07) is 0. The van der Waals surface area contributed by atoms with Gasteiger partial charge in [-0.25, -0.2) is 8.42 Å². The number of carbonyl (C=O) groups is 1. The Morgan fingerprint density at radius 3 is 2.47 bits per heavy atom. The van der Waals surface area contributed by atoms with Crippen LogP contribution in [-0.2, 0) is 19.6 Å². The molecule has 0 aromatic rings. The Hall–Kier alpha value is -0.620. The van der Waals surface area contributed by atoms with E-state index in [9.17, 15) is 13.2 Å². The fourth-order valence-corrected chi connectivity index (χ4v) is 3.79. The number of ether oxygens (including phenoxy) is 1. The molecule has 0 N–H and O–H groups in total. The molecule has 0 aliphatic heterocycles. The first kappa shape index (κ1) is 16.4. The van der Waals surface area contributed by atoms with Gasteiger partial charge in [0.05, 0.1) is 12.4 Å². The maximum Gasteiger partial charge on any atom is 0.321 e. The van der Waals surface area contributed by atoms with Gasteiger partial charge in [-0.2, -0.15) is 4.31 Å². The minimum Gasteiger partial charge on any atom is -0.465 e. The lowest BCUT2D eigenvalue weighted by Gasteiger charge is -2.27. The average molecular weight is 291 g/mol. The highest BCUT2D eigenvalue weighted by Gasteiger charge is 2.27. The molecule has 0 radical (unpaired) electrons. The van der Waals surface area contributed by atoms with Gasteiger partial charge in [0.25, 0.3) is 0 Å². The second-order valence-corrected chi connectivity index (χ2v) is 7.13. The van der Waals surface area contributed by atoms with Gasteiger partial charge in [0.15, 0.2) is 0 Å². The van der Waals surface area contributed by atoms with Crippen LogP contribution in [0.15, 0.2) is 0 Å². The normalized spacial score (nSPS) is 16.4. The van der Waals surface area contributed by atoms with Crippen LogP contribution in [0, 0.1) is 5.92 Å². The Morgan fingerprint density at radius 2 is 2.00 bits per heavy atom. The molecule has 0 aromatic carbocycles. The lowest BCUT2D eigenvalue weighted by atomic mass is 9.84. The molecule has 1 saturated carbocycles. The van der Waals surface area contributed by atoms with Gasteiger partial charge >= 0.3 is 5.97 Å². The summed E-state index contributed by atoms with van der Waals surface area (Å²) in [4.78, 5) is 11.5. The first-order chi connectivity index (χ1) is 8.99. The molecule has 0 bridgehead atoms. The first-order valence-corrected chi connectivity index (χ1v) is 8.74. The summed E-state index contributed by atoms with van der Waals surface area (Å²) in [5, 5.41) is 0. The number of hydrogen-bond acceptors (Lipinski definition) is 4. The molecule has 0 aromatic heterocycles. The Bertz CT molecular complexity index is 376. The van der Waals surface area contributed by atoms with Crippen molar-refractivity contribution in [1.82, 2.24) is 4.31 Å². The molecule has 1 rings (SSSR count). The molecular formula is C13H25NO4S. The van der Waals surface area contributed by atoms with Crippen LogP contribution in [0.1, 0.15) is 46.0 Å². The van der Waals surface area contributed by atoms with Gasteiger partial charge in [0.2, 0.25) is 10.0 Å². The van der Waals surface area contributed by atoms with E-state index < -0.39 is 16.0 Å². The summed E-state index contributed by atoms with van der Waals surface area (Å²) in [6.07, 6.45) is 4.90. The molecule has 1 aliphatic rings.